The lowest BCUT2D eigenvalue weighted by Gasteiger charge is -2.31. The highest BCUT2D eigenvalue weighted by Gasteiger charge is 2.18. The summed E-state index contributed by atoms with van der Waals surface area (Å²) in [5.74, 6) is 0.648. The molecule has 1 aromatic heterocycles. The molecule has 1 atom stereocenters. The van der Waals surface area contributed by atoms with Crippen molar-refractivity contribution in [3.8, 4) is 0 Å². The summed E-state index contributed by atoms with van der Waals surface area (Å²) < 4.78 is 10.0. The first-order valence-electron chi connectivity index (χ1n) is 5.82. The summed E-state index contributed by atoms with van der Waals surface area (Å²) >= 11 is 0. The number of methoxy groups -OCH3 is 1. The predicted molar refractivity (Wildman–Crippen MR) is 70.0 cm³/mol. The standard InChI is InChI=1S/C12H18N2O3.ClH/c1-9-7-14(6-5-13-9)8-10-3-4-11(17-10)12(15)16-2;/h3-4,9,13H,5-8H2,1-2H3;1H/t9-;/m0./s1. The Balaban J connectivity index is 0.00000162. The molecule has 1 aliphatic rings. The number of nitrogens with one attached hydrogen (secondary N) is 1. The van der Waals surface area contributed by atoms with Crippen molar-refractivity contribution in [1.82, 2.24) is 10.2 Å². The molecule has 6 heteroatoms. The van der Waals surface area contributed by atoms with E-state index in [9.17, 15) is 4.79 Å². The number of ether oxygens (including phenoxy) is 1. The number of piperazine rings is 1. The number of nitrogens with zero attached hydrogens (tertiary/aromatic N) is 1. The van der Waals surface area contributed by atoms with E-state index >= 15 is 0 Å². The smallest absolute Gasteiger partial charge is 0.373 e. The van der Waals surface area contributed by atoms with Crippen LogP contribution in [0.15, 0.2) is 16.5 Å². The minimum atomic E-state index is -0.426. The second-order valence-corrected chi connectivity index (χ2v) is 4.35. The summed E-state index contributed by atoms with van der Waals surface area (Å²) in [6, 6.07) is 3.99. The minimum Gasteiger partial charge on any atom is -0.463 e. The Hall–Kier alpha value is -1.04. The van der Waals surface area contributed by atoms with Gasteiger partial charge in [-0.05, 0) is 19.1 Å². The second kappa shape index (κ2) is 6.78. The van der Waals surface area contributed by atoms with Gasteiger partial charge in [0.15, 0.2) is 0 Å². The van der Waals surface area contributed by atoms with E-state index in [0.717, 1.165) is 31.9 Å². The van der Waals surface area contributed by atoms with E-state index in [2.05, 4.69) is 21.9 Å². The van der Waals surface area contributed by atoms with Crippen LogP contribution in [-0.2, 0) is 11.3 Å². The summed E-state index contributed by atoms with van der Waals surface area (Å²) in [5.41, 5.74) is 0. The molecule has 0 bridgehead atoms. The summed E-state index contributed by atoms with van der Waals surface area (Å²) in [5, 5.41) is 3.38. The second-order valence-electron chi connectivity index (χ2n) is 4.35. The topological polar surface area (TPSA) is 54.7 Å². The molecule has 1 aliphatic heterocycles. The molecule has 0 aromatic carbocycles. The average molecular weight is 275 g/mol. The fourth-order valence-corrected chi connectivity index (χ4v) is 2.05. The first-order chi connectivity index (χ1) is 8.19. The van der Waals surface area contributed by atoms with Crippen molar-refractivity contribution < 1.29 is 13.9 Å². The first kappa shape index (κ1) is 15.0. The van der Waals surface area contributed by atoms with E-state index in [1.807, 2.05) is 6.07 Å². The van der Waals surface area contributed by atoms with Gasteiger partial charge in [0.1, 0.15) is 5.76 Å². The van der Waals surface area contributed by atoms with Crippen molar-refractivity contribution in [2.75, 3.05) is 26.7 Å². The molecule has 2 heterocycles. The first-order valence-corrected chi connectivity index (χ1v) is 5.82. The Morgan fingerprint density at radius 2 is 2.39 bits per heavy atom. The van der Waals surface area contributed by atoms with Gasteiger partial charge in [0.25, 0.3) is 0 Å². The molecular weight excluding hydrogens is 256 g/mol. The molecular formula is C12H19ClN2O3. The van der Waals surface area contributed by atoms with Gasteiger partial charge < -0.3 is 14.5 Å². The zero-order valence-corrected chi connectivity index (χ0v) is 11.5. The van der Waals surface area contributed by atoms with E-state index in [1.54, 1.807) is 6.07 Å². The minimum absolute atomic E-state index is 0. The van der Waals surface area contributed by atoms with Crippen LogP contribution in [-0.4, -0.2) is 43.7 Å². The molecule has 102 valence electrons. The molecule has 0 unspecified atom stereocenters. The molecule has 0 spiro atoms. The summed E-state index contributed by atoms with van der Waals surface area (Å²) in [4.78, 5) is 13.5. The Bertz CT molecular complexity index is 394. The third kappa shape index (κ3) is 3.73. The zero-order valence-electron chi connectivity index (χ0n) is 10.6. The average Bonchev–Trinajstić information content (AvgIpc) is 2.76. The molecule has 1 saturated heterocycles. The normalized spacial score (nSPS) is 20.2. The van der Waals surface area contributed by atoms with Crippen LogP contribution in [0.5, 0.6) is 0 Å². The quantitative estimate of drug-likeness (QED) is 0.842. The molecule has 18 heavy (non-hydrogen) atoms. The molecule has 1 N–H and O–H groups in total. The molecule has 0 radical (unpaired) electrons. The Kier molecular flexibility index (Phi) is 5.65. The number of rotatable bonds is 3. The van der Waals surface area contributed by atoms with Gasteiger partial charge in [-0.15, -0.1) is 12.4 Å². The molecule has 0 aliphatic carbocycles. The molecule has 0 amide bonds. The van der Waals surface area contributed by atoms with Crippen LogP contribution in [0.2, 0.25) is 0 Å². The molecule has 2 rings (SSSR count). The number of hydrogen-bond acceptors (Lipinski definition) is 5. The summed E-state index contributed by atoms with van der Waals surface area (Å²) in [6.45, 7) is 5.88. The van der Waals surface area contributed by atoms with E-state index in [-0.39, 0.29) is 18.2 Å². The van der Waals surface area contributed by atoms with Crippen LogP contribution in [0.4, 0.5) is 0 Å². The number of esters is 1. The van der Waals surface area contributed by atoms with Crippen LogP contribution in [0.25, 0.3) is 0 Å². The third-order valence-electron chi connectivity index (χ3n) is 2.88. The Morgan fingerprint density at radius 1 is 1.61 bits per heavy atom. The largest absolute Gasteiger partial charge is 0.463 e. The van der Waals surface area contributed by atoms with E-state index in [4.69, 9.17) is 4.42 Å². The fourth-order valence-electron chi connectivity index (χ4n) is 2.05. The maximum Gasteiger partial charge on any atom is 0.373 e. The third-order valence-corrected chi connectivity index (χ3v) is 2.88. The van der Waals surface area contributed by atoms with E-state index in [0.29, 0.717) is 6.04 Å². The van der Waals surface area contributed by atoms with Gasteiger partial charge in [0.2, 0.25) is 5.76 Å². The van der Waals surface area contributed by atoms with Gasteiger partial charge in [0, 0.05) is 25.7 Å². The molecule has 5 nitrogen and oxygen atoms in total. The Labute approximate surface area is 113 Å². The van der Waals surface area contributed by atoms with Crippen molar-refractivity contribution in [2.24, 2.45) is 0 Å². The highest BCUT2D eigenvalue weighted by molar-refractivity contribution is 5.86. The van der Waals surface area contributed by atoms with Crippen LogP contribution < -0.4 is 5.32 Å². The van der Waals surface area contributed by atoms with E-state index in [1.165, 1.54) is 7.11 Å². The number of carbonyl (C=O) groups excluding carboxylic acids is 1. The maximum atomic E-state index is 11.2. The summed E-state index contributed by atoms with van der Waals surface area (Å²) in [6.07, 6.45) is 0. The van der Waals surface area contributed by atoms with Crippen molar-refractivity contribution in [1.29, 1.82) is 0 Å². The lowest BCUT2D eigenvalue weighted by molar-refractivity contribution is 0.0560. The van der Waals surface area contributed by atoms with Gasteiger partial charge in [-0.25, -0.2) is 4.79 Å². The lowest BCUT2D eigenvalue weighted by Crippen LogP contribution is -2.48. The zero-order chi connectivity index (χ0) is 12.3. The lowest BCUT2D eigenvalue weighted by atomic mass is 10.2. The van der Waals surface area contributed by atoms with Gasteiger partial charge in [-0.3, -0.25) is 4.90 Å². The molecule has 0 saturated carbocycles. The SMILES string of the molecule is COC(=O)c1ccc(CN2CCN[C@@H](C)C2)o1.Cl. The van der Waals surface area contributed by atoms with Gasteiger partial charge in [-0.2, -0.15) is 0 Å². The Morgan fingerprint density at radius 3 is 3.06 bits per heavy atom. The van der Waals surface area contributed by atoms with Crippen LogP contribution in [0.3, 0.4) is 0 Å². The van der Waals surface area contributed by atoms with Crippen molar-refractivity contribution in [3.63, 3.8) is 0 Å². The fraction of sp³-hybridized carbons (Fsp3) is 0.583. The van der Waals surface area contributed by atoms with Crippen LogP contribution in [0.1, 0.15) is 23.2 Å². The van der Waals surface area contributed by atoms with Gasteiger partial charge >= 0.3 is 5.97 Å². The number of hydrogen-bond donors (Lipinski definition) is 1. The predicted octanol–water partition coefficient (Wildman–Crippen LogP) is 1.28. The monoisotopic (exact) mass is 274 g/mol. The molecule has 1 fully saturated rings. The van der Waals surface area contributed by atoms with Crippen LogP contribution >= 0.6 is 12.4 Å². The van der Waals surface area contributed by atoms with Crippen LogP contribution in [0, 0.1) is 0 Å². The van der Waals surface area contributed by atoms with Gasteiger partial charge in [0.05, 0.1) is 13.7 Å². The highest BCUT2D eigenvalue weighted by Crippen LogP contribution is 2.12. The van der Waals surface area contributed by atoms with Crippen molar-refractivity contribution in [3.05, 3.63) is 23.7 Å². The maximum absolute atomic E-state index is 11.2. The molecule has 1 aromatic rings. The van der Waals surface area contributed by atoms with Crippen molar-refractivity contribution >= 4 is 18.4 Å². The number of furan rings is 1. The highest BCUT2D eigenvalue weighted by atomic mass is 35.5. The van der Waals surface area contributed by atoms with Gasteiger partial charge in [-0.1, -0.05) is 0 Å². The van der Waals surface area contributed by atoms with Crippen molar-refractivity contribution in [2.45, 2.75) is 19.5 Å². The number of carbonyl (C=O) groups is 1. The van der Waals surface area contributed by atoms with E-state index < -0.39 is 5.97 Å². The number of halogens is 1. The summed E-state index contributed by atoms with van der Waals surface area (Å²) in [7, 11) is 1.35.